The second-order valence-electron chi connectivity index (χ2n) is 7.44. The molecule has 0 aliphatic carbocycles. The van der Waals surface area contributed by atoms with Crippen LogP contribution in [0.4, 0.5) is 5.69 Å². The van der Waals surface area contributed by atoms with E-state index >= 15 is 0 Å². The van der Waals surface area contributed by atoms with E-state index < -0.39 is 20.0 Å². The molecule has 0 aromatic heterocycles. The summed E-state index contributed by atoms with van der Waals surface area (Å²) in [5.41, 5.74) is 0.366. The molecule has 1 fully saturated rings. The molecule has 7 nitrogen and oxygen atoms in total. The van der Waals surface area contributed by atoms with E-state index in [1.807, 2.05) is 18.2 Å². The Hall–Kier alpha value is -2.88. The minimum absolute atomic E-state index is 0.00474. The van der Waals surface area contributed by atoms with Crippen molar-refractivity contribution in [2.75, 3.05) is 24.4 Å². The Kier molecular flexibility index (Phi) is 6.23. The number of hydrogen-bond donors (Lipinski definition) is 0. The molecule has 1 saturated heterocycles. The van der Waals surface area contributed by atoms with Gasteiger partial charge in [0, 0.05) is 20.1 Å². The Morgan fingerprint density at radius 2 is 1.31 bits per heavy atom. The van der Waals surface area contributed by atoms with Crippen molar-refractivity contribution < 1.29 is 21.6 Å². The van der Waals surface area contributed by atoms with E-state index in [1.165, 1.54) is 35.6 Å². The lowest BCUT2D eigenvalue weighted by molar-refractivity contribution is 0.477. The Morgan fingerprint density at radius 3 is 1.97 bits per heavy atom. The highest BCUT2D eigenvalue weighted by molar-refractivity contribution is 7.92. The number of anilines is 1. The third kappa shape index (κ3) is 4.36. The summed E-state index contributed by atoms with van der Waals surface area (Å²) in [4.78, 5) is 0.0868. The fraction of sp³-hybridized carbons (Fsp3) is 0.217. The molecule has 3 aromatic carbocycles. The predicted molar refractivity (Wildman–Crippen MR) is 123 cm³/mol. The van der Waals surface area contributed by atoms with Gasteiger partial charge < -0.3 is 4.74 Å². The lowest BCUT2D eigenvalue weighted by Gasteiger charge is -2.22. The molecule has 0 N–H and O–H groups in total. The van der Waals surface area contributed by atoms with Crippen LogP contribution in [0.15, 0.2) is 88.7 Å². The van der Waals surface area contributed by atoms with Gasteiger partial charge in [0.2, 0.25) is 10.0 Å². The second kappa shape index (κ2) is 8.93. The molecule has 1 aliphatic heterocycles. The molecule has 0 unspecified atom stereocenters. The average Bonchev–Trinajstić information content (AvgIpc) is 3.36. The summed E-state index contributed by atoms with van der Waals surface area (Å²) >= 11 is 0. The van der Waals surface area contributed by atoms with Crippen LogP contribution in [0.1, 0.15) is 12.8 Å². The molecule has 0 radical (unpaired) electrons. The van der Waals surface area contributed by atoms with Crippen molar-refractivity contribution in [3.63, 3.8) is 0 Å². The Morgan fingerprint density at radius 1 is 0.750 bits per heavy atom. The van der Waals surface area contributed by atoms with Gasteiger partial charge in [-0.1, -0.05) is 30.3 Å². The van der Waals surface area contributed by atoms with Gasteiger partial charge in [-0.25, -0.2) is 16.8 Å². The van der Waals surface area contributed by atoms with Gasteiger partial charge in [0.05, 0.1) is 15.5 Å². The van der Waals surface area contributed by atoms with Crippen molar-refractivity contribution in [3.8, 4) is 11.5 Å². The highest BCUT2D eigenvalue weighted by Crippen LogP contribution is 2.34. The molecule has 0 spiro atoms. The molecule has 0 atom stereocenters. The molecule has 32 heavy (non-hydrogen) atoms. The molecule has 168 valence electrons. The third-order valence-electron chi connectivity index (χ3n) is 5.36. The molecule has 1 heterocycles. The summed E-state index contributed by atoms with van der Waals surface area (Å²) in [7, 11) is -6.11. The summed E-state index contributed by atoms with van der Waals surface area (Å²) in [6.07, 6.45) is 1.67. The molecule has 4 rings (SSSR count). The first-order valence-corrected chi connectivity index (χ1v) is 13.1. The normalized spacial score (nSPS) is 14.9. The van der Waals surface area contributed by atoms with Crippen molar-refractivity contribution in [1.29, 1.82) is 0 Å². The molecule has 1 aliphatic rings. The fourth-order valence-corrected chi connectivity index (χ4v) is 6.29. The summed E-state index contributed by atoms with van der Waals surface area (Å²) in [6, 6.07) is 21.3. The zero-order valence-corrected chi connectivity index (χ0v) is 19.2. The van der Waals surface area contributed by atoms with Crippen molar-refractivity contribution in [2.45, 2.75) is 22.6 Å². The zero-order valence-electron chi connectivity index (χ0n) is 17.6. The van der Waals surface area contributed by atoms with Gasteiger partial charge in [0.1, 0.15) is 5.75 Å². The van der Waals surface area contributed by atoms with Crippen LogP contribution in [0.5, 0.6) is 11.5 Å². The van der Waals surface area contributed by atoms with Crippen LogP contribution in [-0.4, -0.2) is 41.3 Å². The minimum atomic E-state index is -3.94. The standard InChI is InChI=1S/C23H24N2O5S2/c1-24(22-11-5-6-12-23(22)30-19-9-3-2-4-10-19)31(26,27)20-13-15-21(16-14-20)32(28,29)25-17-7-8-18-25/h2-6,9-16H,7-8,17-18H2,1H3. The smallest absolute Gasteiger partial charge is 0.264 e. The van der Waals surface area contributed by atoms with Gasteiger partial charge in [-0.2, -0.15) is 4.31 Å². The first kappa shape index (κ1) is 22.3. The monoisotopic (exact) mass is 472 g/mol. The van der Waals surface area contributed by atoms with E-state index in [0.29, 0.717) is 30.3 Å². The number of para-hydroxylation sites is 3. The van der Waals surface area contributed by atoms with Gasteiger partial charge in [-0.15, -0.1) is 0 Å². The van der Waals surface area contributed by atoms with Crippen LogP contribution < -0.4 is 9.04 Å². The number of nitrogens with zero attached hydrogens (tertiary/aromatic N) is 2. The van der Waals surface area contributed by atoms with E-state index in [-0.39, 0.29) is 9.79 Å². The summed E-state index contributed by atoms with van der Waals surface area (Å²) in [5, 5.41) is 0. The number of benzene rings is 3. The number of hydrogen-bond acceptors (Lipinski definition) is 5. The summed E-state index contributed by atoms with van der Waals surface area (Å²) < 4.78 is 60.4. The van der Waals surface area contributed by atoms with Gasteiger partial charge >= 0.3 is 0 Å². The molecule has 9 heteroatoms. The molecule has 0 bridgehead atoms. The maximum absolute atomic E-state index is 13.3. The minimum Gasteiger partial charge on any atom is -0.455 e. The number of rotatable bonds is 7. The average molecular weight is 473 g/mol. The highest BCUT2D eigenvalue weighted by atomic mass is 32.2. The summed E-state index contributed by atoms with van der Waals surface area (Å²) in [6.45, 7) is 0.979. The van der Waals surface area contributed by atoms with E-state index in [0.717, 1.165) is 17.1 Å². The van der Waals surface area contributed by atoms with Crippen LogP contribution in [0.3, 0.4) is 0 Å². The second-order valence-corrected chi connectivity index (χ2v) is 11.3. The molecular weight excluding hydrogens is 448 g/mol. The first-order valence-electron chi connectivity index (χ1n) is 10.2. The third-order valence-corrected chi connectivity index (χ3v) is 9.06. The van der Waals surface area contributed by atoms with Crippen LogP contribution in [0.2, 0.25) is 0 Å². The quantitative estimate of drug-likeness (QED) is 0.517. The van der Waals surface area contributed by atoms with Crippen molar-refractivity contribution >= 4 is 25.7 Å². The van der Waals surface area contributed by atoms with E-state index in [9.17, 15) is 16.8 Å². The lowest BCUT2D eigenvalue weighted by atomic mass is 10.3. The SMILES string of the molecule is CN(c1ccccc1Oc1ccccc1)S(=O)(=O)c1ccc(S(=O)(=O)N2CCCC2)cc1. The summed E-state index contributed by atoms with van der Waals surface area (Å²) in [5.74, 6) is 0.972. The Balaban J connectivity index is 1.61. The van der Waals surface area contributed by atoms with Crippen LogP contribution in [0, 0.1) is 0 Å². The first-order chi connectivity index (χ1) is 15.3. The number of ether oxygens (including phenoxy) is 1. The van der Waals surface area contributed by atoms with Crippen LogP contribution in [-0.2, 0) is 20.0 Å². The number of sulfonamides is 2. The van der Waals surface area contributed by atoms with E-state index in [4.69, 9.17) is 4.74 Å². The highest BCUT2D eigenvalue weighted by Gasteiger charge is 2.29. The topological polar surface area (TPSA) is 84.0 Å². The van der Waals surface area contributed by atoms with E-state index in [2.05, 4.69) is 0 Å². The fourth-order valence-electron chi connectivity index (χ4n) is 3.57. The molecule has 3 aromatic rings. The van der Waals surface area contributed by atoms with Crippen LogP contribution >= 0.6 is 0 Å². The van der Waals surface area contributed by atoms with Crippen LogP contribution in [0.25, 0.3) is 0 Å². The Bertz CT molecular complexity index is 1290. The van der Waals surface area contributed by atoms with Gasteiger partial charge in [-0.3, -0.25) is 4.31 Å². The maximum atomic E-state index is 13.3. The Labute approximate surface area is 189 Å². The zero-order chi connectivity index (χ0) is 22.8. The largest absolute Gasteiger partial charge is 0.455 e. The lowest BCUT2D eigenvalue weighted by Crippen LogP contribution is -2.28. The maximum Gasteiger partial charge on any atom is 0.264 e. The van der Waals surface area contributed by atoms with Gasteiger partial charge in [0.25, 0.3) is 10.0 Å². The van der Waals surface area contributed by atoms with Crippen molar-refractivity contribution in [2.24, 2.45) is 0 Å². The van der Waals surface area contributed by atoms with Gasteiger partial charge in [0.15, 0.2) is 5.75 Å². The van der Waals surface area contributed by atoms with Crippen molar-refractivity contribution in [3.05, 3.63) is 78.9 Å². The molecule has 0 saturated carbocycles. The van der Waals surface area contributed by atoms with Gasteiger partial charge in [-0.05, 0) is 61.4 Å². The van der Waals surface area contributed by atoms with E-state index in [1.54, 1.807) is 36.4 Å². The molecular formula is C23H24N2O5S2. The predicted octanol–water partition coefficient (Wildman–Crippen LogP) is 4.09. The molecule has 0 amide bonds. The van der Waals surface area contributed by atoms with Crippen molar-refractivity contribution in [1.82, 2.24) is 4.31 Å².